The van der Waals surface area contributed by atoms with Gasteiger partial charge in [-0.1, -0.05) is 289 Å². The Labute approximate surface area is 843 Å². The molecule has 1 unspecified atom stereocenters. The zero-order valence-corrected chi connectivity index (χ0v) is 85.6. The molecule has 0 bridgehead atoms. The molecule has 3 N–H and O–H groups in total. The van der Waals surface area contributed by atoms with Crippen LogP contribution in [0.25, 0.3) is 0 Å². The smallest absolute Gasteiger partial charge is 0.407 e. The average molecular weight is 2060 g/mol. The standard InChI is InChI=1S/C71H117IN4O18.C24H20B.C15H20O6/c1-4-6-7-8-9-10-11-12-15-25-34-65(61-93-64-39-37-63(38-40-64)72-62-32-23-22-24-33-62)94-71(82)75-43-30-20-21-31-44-76(69(80)73-41-28-18-13-16-26-35-67(78)83-3)70(81)74-42-29-19-14-17-27-36-68(79)92-60-58-90-56-54-88-52-50-86-48-46-84-45-47-85-49-51-87-53-55-89-57-59-91-66(77)5-2;1-5-13-21(14-6-1)25(22-15-7-2-8-16-22,23-17-9-3-10-18-23)24-19-11-4-12-20-24;1-5-12(16)19-9-15(8-4,10-20-13(17)6-2)11-21-14(18)7-3/h5,22-24,32-33,37-40,65H,2,4,6-21,25-31,34-36,41-61H2,1,3H3,(H2-,73,74,75,80,81,82);1-20H;5-7H,1-3,8-11H2,4H3/q;-1;/p+1. The normalized spacial score (nSPS) is 11.2. The molecule has 0 radical (unpaired) electrons. The number of alkyl carbamates (subject to hydrolysis) is 1. The molecule has 0 aromatic heterocycles. The van der Waals surface area contributed by atoms with E-state index < -0.39 is 53.6 Å². The first kappa shape index (κ1) is 122. The summed E-state index contributed by atoms with van der Waals surface area (Å²) in [6.07, 6.45) is 27.4. The van der Waals surface area contributed by atoms with Gasteiger partial charge in [0.25, 0.3) is 0 Å². The Kier molecular flexibility index (Phi) is 71.3. The Bertz CT molecular complexity index is 4060. The van der Waals surface area contributed by atoms with E-state index in [1.54, 1.807) is 6.92 Å². The van der Waals surface area contributed by atoms with Gasteiger partial charge in [-0.2, -0.15) is 21.9 Å². The van der Waals surface area contributed by atoms with Gasteiger partial charge in [-0.05, 0) is 94.2 Å². The molecule has 0 aliphatic rings. The van der Waals surface area contributed by atoms with E-state index in [-0.39, 0.29) is 92.0 Å². The highest BCUT2D eigenvalue weighted by Gasteiger charge is 2.35. The molecule has 6 aromatic carbocycles. The lowest BCUT2D eigenvalue weighted by Crippen LogP contribution is -3.61. The number of carbonyl (C=O) groups excluding carboxylic acids is 9. The lowest BCUT2D eigenvalue weighted by molar-refractivity contribution is -0.597. The Balaban J connectivity index is 0.000000708. The van der Waals surface area contributed by atoms with Crippen molar-refractivity contribution in [3.8, 4) is 5.75 Å². The number of methoxy groups -OCH3 is 1. The van der Waals surface area contributed by atoms with Crippen molar-refractivity contribution in [2.24, 2.45) is 5.41 Å². The van der Waals surface area contributed by atoms with E-state index >= 15 is 0 Å². The summed E-state index contributed by atoms with van der Waals surface area (Å²) in [6.45, 7) is 24.8. The number of hydrogen-bond acceptors (Lipinski definition) is 24. The first-order valence-corrected chi connectivity index (χ1v) is 52.2. The molecule has 30 heteroatoms. The van der Waals surface area contributed by atoms with Gasteiger partial charge in [0.1, 0.15) is 57.6 Å². The second kappa shape index (κ2) is 82.0. The third-order valence-electron chi connectivity index (χ3n) is 22.7. The van der Waals surface area contributed by atoms with Crippen molar-refractivity contribution in [2.45, 2.75) is 200 Å². The summed E-state index contributed by atoms with van der Waals surface area (Å²) in [7, 11) is 1.39. The van der Waals surface area contributed by atoms with Gasteiger partial charge in [-0.3, -0.25) is 9.59 Å². The fourth-order valence-electron chi connectivity index (χ4n) is 14.8. The highest BCUT2D eigenvalue weighted by molar-refractivity contribution is 7.19. The largest absolute Gasteiger partial charge is 0.490 e. The van der Waals surface area contributed by atoms with Crippen molar-refractivity contribution in [3.63, 3.8) is 0 Å². The molecule has 772 valence electrons. The summed E-state index contributed by atoms with van der Waals surface area (Å²) in [5, 5.41) is 8.80. The first-order chi connectivity index (χ1) is 68.5. The van der Waals surface area contributed by atoms with Crippen molar-refractivity contribution in [3.05, 3.63) is 234 Å². The summed E-state index contributed by atoms with van der Waals surface area (Å²) in [4.78, 5) is 109. The maximum absolute atomic E-state index is 13.4. The van der Waals surface area contributed by atoms with Gasteiger partial charge in [0.15, 0.2) is 7.14 Å². The molecule has 0 fully saturated rings. The molecular formula is C110H158BIN4O24. The number of ether oxygens (including phenoxy) is 15. The van der Waals surface area contributed by atoms with E-state index in [9.17, 15) is 43.2 Å². The van der Waals surface area contributed by atoms with Gasteiger partial charge in [0.2, 0.25) is 0 Å². The number of amides is 5. The quantitative estimate of drug-likeness (QED) is 0.00797. The molecule has 0 heterocycles. The third-order valence-corrected chi connectivity index (χ3v) is 25.4. The summed E-state index contributed by atoms with van der Waals surface area (Å²) in [6, 6.07) is 61.5. The van der Waals surface area contributed by atoms with Crippen LogP contribution in [-0.2, 0) is 95.1 Å². The van der Waals surface area contributed by atoms with Crippen LogP contribution in [0.1, 0.15) is 194 Å². The van der Waals surface area contributed by atoms with Gasteiger partial charge in [0.05, 0.1) is 105 Å². The predicted octanol–water partition coefficient (Wildman–Crippen LogP) is 13.8. The fraction of sp³-hybridized carbons (Fsp3) is 0.518. The van der Waals surface area contributed by atoms with E-state index in [0.717, 1.165) is 126 Å². The zero-order chi connectivity index (χ0) is 101. The highest BCUT2D eigenvalue weighted by Crippen LogP contribution is 2.25. The zero-order valence-electron chi connectivity index (χ0n) is 83.4. The van der Waals surface area contributed by atoms with Gasteiger partial charge in [0, 0.05) is 63.3 Å². The van der Waals surface area contributed by atoms with Crippen LogP contribution in [0, 0.1) is 12.6 Å². The minimum absolute atomic E-state index is 0.0802. The lowest BCUT2D eigenvalue weighted by Gasteiger charge is -2.44. The molecule has 0 aliphatic carbocycles. The van der Waals surface area contributed by atoms with Crippen LogP contribution in [0.15, 0.2) is 227 Å². The maximum atomic E-state index is 13.4. The number of unbranched alkanes of at least 4 members (excludes halogenated alkanes) is 20. The van der Waals surface area contributed by atoms with Crippen LogP contribution < -0.4 is 63.7 Å². The van der Waals surface area contributed by atoms with E-state index in [2.05, 4.69) is 207 Å². The van der Waals surface area contributed by atoms with E-state index in [1.165, 1.54) is 92.4 Å². The minimum Gasteiger partial charge on any atom is -0.490 e. The number of hydrogen-bond donors (Lipinski definition) is 3. The van der Waals surface area contributed by atoms with Crippen LogP contribution in [0.3, 0.4) is 0 Å². The summed E-state index contributed by atoms with van der Waals surface area (Å²) in [5.74, 6) is -2.03. The lowest BCUT2D eigenvalue weighted by atomic mass is 9.13. The second-order valence-electron chi connectivity index (χ2n) is 33.4. The molecule has 1 atom stereocenters. The average Bonchev–Trinajstić information content (AvgIpc) is 0.736. The molecule has 0 saturated carbocycles. The van der Waals surface area contributed by atoms with Crippen molar-refractivity contribution < 1.29 is 135 Å². The Morgan fingerprint density at radius 2 is 0.679 bits per heavy atom. The molecule has 140 heavy (non-hydrogen) atoms. The molecule has 5 amide bonds. The number of urea groups is 2. The summed E-state index contributed by atoms with van der Waals surface area (Å²) in [5.41, 5.74) is 4.52. The fourth-order valence-corrected chi connectivity index (χ4v) is 17.0. The molecule has 6 rings (SSSR count). The van der Waals surface area contributed by atoms with Gasteiger partial charge in [-0.25, -0.2) is 38.5 Å². The number of rotatable bonds is 79. The van der Waals surface area contributed by atoms with Gasteiger partial charge in [-0.15, -0.1) is 0 Å². The maximum Gasteiger partial charge on any atom is 0.407 e. The van der Waals surface area contributed by atoms with E-state index in [4.69, 9.17) is 71.1 Å². The topological polar surface area (TPSA) is 331 Å². The number of halogens is 1. The molecular weight excluding hydrogens is 1900 g/mol. The Hall–Kier alpha value is -10.6. The van der Waals surface area contributed by atoms with E-state index in [1.807, 2.05) is 18.2 Å². The van der Waals surface area contributed by atoms with Crippen molar-refractivity contribution in [2.75, 3.05) is 165 Å². The number of nitrogens with zero attached hydrogens (tertiary/aromatic N) is 1. The van der Waals surface area contributed by atoms with Crippen molar-refractivity contribution in [1.82, 2.24) is 20.9 Å². The number of carbonyl (C=O) groups is 9. The van der Waals surface area contributed by atoms with Crippen LogP contribution in [0.2, 0.25) is 0 Å². The second-order valence-corrected chi connectivity index (χ2v) is 36.4. The van der Waals surface area contributed by atoms with Gasteiger partial charge < -0.3 is 87.0 Å². The Morgan fingerprint density at radius 1 is 0.357 bits per heavy atom. The number of nitrogens with one attached hydrogen (secondary N) is 3. The SMILES string of the molecule is C=CC(=O)OCC(CC)(COC(=O)C=C)COC(=O)C=C.C=CC(=O)OCCOCCOCCOCCOCCOCCOCCOCCOC(=O)CCCCCCCNC(=O)N(CCCCCCNC(=O)OC(CCCCCCCCCCCC)COc1ccc([I+]c2ccccc2)cc1)C(=O)NCCCCCCCC(=O)OC.c1ccc([B-](c2ccccc2)(c2ccccc2)c2ccccc2)cc1. The monoisotopic (exact) mass is 2060 g/mol. The molecule has 0 aliphatic heterocycles. The first-order valence-electron chi connectivity index (χ1n) is 50.0. The van der Waals surface area contributed by atoms with Crippen LogP contribution in [0.5, 0.6) is 5.75 Å². The van der Waals surface area contributed by atoms with Crippen LogP contribution >= 0.6 is 0 Å². The van der Waals surface area contributed by atoms with Gasteiger partial charge >= 0.3 is 75.2 Å². The van der Waals surface area contributed by atoms with E-state index in [0.29, 0.717) is 138 Å². The molecule has 28 nitrogen and oxygen atoms in total. The number of benzene rings is 6. The van der Waals surface area contributed by atoms with Crippen molar-refractivity contribution >= 4 is 82.0 Å². The number of imide groups is 1. The molecule has 0 spiro atoms. The van der Waals surface area contributed by atoms with Crippen LogP contribution in [0.4, 0.5) is 14.4 Å². The molecule has 0 saturated heterocycles. The minimum atomic E-state index is -1.22. The van der Waals surface area contributed by atoms with Crippen LogP contribution in [-0.4, -0.2) is 237 Å². The number of esters is 6. The molecule has 6 aromatic rings. The summed E-state index contributed by atoms with van der Waals surface area (Å²) >= 11 is -0.277. The Morgan fingerprint density at radius 3 is 1.06 bits per heavy atom. The summed E-state index contributed by atoms with van der Waals surface area (Å²) < 4.78 is 82.8. The highest BCUT2D eigenvalue weighted by atomic mass is 127. The van der Waals surface area contributed by atoms with Crippen molar-refractivity contribution in [1.29, 1.82) is 0 Å². The third kappa shape index (κ3) is 58.0. The predicted molar refractivity (Wildman–Crippen MR) is 544 cm³/mol.